The van der Waals surface area contributed by atoms with Gasteiger partial charge in [0.15, 0.2) is 0 Å². The molecule has 0 aliphatic carbocycles. The van der Waals surface area contributed by atoms with E-state index in [4.69, 9.17) is 10.5 Å². The third-order valence-corrected chi connectivity index (χ3v) is 2.43. The van der Waals surface area contributed by atoms with Gasteiger partial charge in [0.2, 0.25) is 0 Å². The summed E-state index contributed by atoms with van der Waals surface area (Å²) in [6.45, 7) is 1.49. The topological polar surface area (TPSA) is 52.3 Å². The monoisotopic (exact) mass is 185 g/mol. The third kappa shape index (κ3) is 4.39. The lowest BCUT2D eigenvalue weighted by atomic mass is 10.1. The van der Waals surface area contributed by atoms with E-state index in [0.717, 1.165) is 32.3 Å². The van der Waals surface area contributed by atoms with Crippen molar-refractivity contribution in [1.29, 1.82) is 0 Å². The average Bonchev–Trinajstić information content (AvgIpc) is 2.64. The first-order valence-electron chi connectivity index (χ1n) is 5.16. The normalized spacial score (nSPS) is 22.1. The van der Waals surface area contributed by atoms with Crippen molar-refractivity contribution >= 4 is 5.78 Å². The maximum absolute atomic E-state index is 11.2. The van der Waals surface area contributed by atoms with E-state index in [1.807, 2.05) is 0 Å². The molecule has 1 unspecified atom stereocenters. The van der Waals surface area contributed by atoms with Gasteiger partial charge >= 0.3 is 0 Å². The summed E-state index contributed by atoms with van der Waals surface area (Å²) in [6.07, 6.45) is 5.68. The van der Waals surface area contributed by atoms with Crippen molar-refractivity contribution in [2.24, 2.45) is 5.73 Å². The molecule has 76 valence electrons. The predicted octanol–water partition coefficient (Wildman–Crippen LogP) is 1.25. The molecule has 3 heteroatoms. The van der Waals surface area contributed by atoms with Crippen LogP contribution in [0.2, 0.25) is 0 Å². The van der Waals surface area contributed by atoms with E-state index in [2.05, 4.69) is 0 Å². The maximum atomic E-state index is 11.2. The summed E-state index contributed by atoms with van der Waals surface area (Å²) in [5.74, 6) is 0.334. The number of carbonyl (C=O) groups is 1. The van der Waals surface area contributed by atoms with E-state index in [0.29, 0.717) is 31.3 Å². The number of Topliss-reactive ketones (excluding diaryl/α,β-unsaturated/α-hetero) is 1. The SMILES string of the molecule is NCCCC(=O)CCC1CCCO1. The van der Waals surface area contributed by atoms with Gasteiger partial charge in [-0.05, 0) is 32.2 Å². The predicted molar refractivity (Wildman–Crippen MR) is 51.5 cm³/mol. The Morgan fingerprint density at radius 1 is 1.46 bits per heavy atom. The van der Waals surface area contributed by atoms with Crippen LogP contribution in [0.5, 0.6) is 0 Å². The summed E-state index contributed by atoms with van der Waals surface area (Å²) in [5, 5.41) is 0. The molecule has 1 heterocycles. The van der Waals surface area contributed by atoms with Crippen molar-refractivity contribution in [3.63, 3.8) is 0 Å². The van der Waals surface area contributed by atoms with Crippen molar-refractivity contribution in [3.05, 3.63) is 0 Å². The summed E-state index contributed by atoms with van der Waals surface area (Å²) in [6, 6.07) is 0. The standard InChI is InChI=1S/C10H19NO2/c11-7-1-3-9(12)5-6-10-4-2-8-13-10/h10H,1-8,11H2. The van der Waals surface area contributed by atoms with Gasteiger partial charge in [-0.1, -0.05) is 0 Å². The van der Waals surface area contributed by atoms with Crippen LogP contribution in [0.15, 0.2) is 0 Å². The van der Waals surface area contributed by atoms with Crippen LogP contribution in [-0.2, 0) is 9.53 Å². The first-order valence-corrected chi connectivity index (χ1v) is 5.16. The summed E-state index contributed by atoms with van der Waals surface area (Å²) in [7, 11) is 0. The molecule has 1 aliphatic rings. The van der Waals surface area contributed by atoms with Gasteiger partial charge in [-0.3, -0.25) is 4.79 Å². The van der Waals surface area contributed by atoms with Gasteiger partial charge in [0.1, 0.15) is 5.78 Å². The van der Waals surface area contributed by atoms with Gasteiger partial charge in [0, 0.05) is 19.4 Å². The maximum Gasteiger partial charge on any atom is 0.133 e. The van der Waals surface area contributed by atoms with Crippen LogP contribution in [0.25, 0.3) is 0 Å². The van der Waals surface area contributed by atoms with Crippen molar-refractivity contribution in [2.45, 2.75) is 44.6 Å². The quantitative estimate of drug-likeness (QED) is 0.677. The van der Waals surface area contributed by atoms with Gasteiger partial charge < -0.3 is 10.5 Å². The Balaban J connectivity index is 2.00. The van der Waals surface area contributed by atoms with Crippen LogP contribution in [0.4, 0.5) is 0 Å². The fourth-order valence-corrected chi connectivity index (χ4v) is 1.62. The summed E-state index contributed by atoms with van der Waals surface area (Å²) >= 11 is 0. The van der Waals surface area contributed by atoms with Crippen LogP contribution in [0.3, 0.4) is 0 Å². The number of nitrogens with two attached hydrogens (primary N) is 1. The zero-order valence-corrected chi connectivity index (χ0v) is 8.13. The van der Waals surface area contributed by atoms with Crippen LogP contribution in [0, 0.1) is 0 Å². The highest BCUT2D eigenvalue weighted by atomic mass is 16.5. The first-order chi connectivity index (χ1) is 6.33. The van der Waals surface area contributed by atoms with Gasteiger partial charge in [0.05, 0.1) is 6.10 Å². The lowest BCUT2D eigenvalue weighted by Crippen LogP contribution is -2.09. The second kappa shape index (κ2) is 6.11. The Morgan fingerprint density at radius 3 is 2.92 bits per heavy atom. The molecule has 0 aromatic heterocycles. The molecule has 3 nitrogen and oxygen atoms in total. The molecule has 0 spiro atoms. The van der Waals surface area contributed by atoms with Crippen molar-refractivity contribution in [3.8, 4) is 0 Å². The van der Waals surface area contributed by atoms with Gasteiger partial charge in [-0.25, -0.2) is 0 Å². The summed E-state index contributed by atoms with van der Waals surface area (Å²) in [4.78, 5) is 11.2. The molecule has 13 heavy (non-hydrogen) atoms. The zero-order chi connectivity index (χ0) is 9.52. The smallest absolute Gasteiger partial charge is 0.133 e. The molecule has 1 atom stereocenters. The van der Waals surface area contributed by atoms with E-state index in [9.17, 15) is 4.79 Å². The highest BCUT2D eigenvalue weighted by Crippen LogP contribution is 2.17. The summed E-state index contributed by atoms with van der Waals surface area (Å²) in [5.41, 5.74) is 5.32. The fourth-order valence-electron chi connectivity index (χ4n) is 1.62. The lowest BCUT2D eigenvalue weighted by molar-refractivity contribution is -0.119. The molecule has 1 rings (SSSR count). The van der Waals surface area contributed by atoms with E-state index < -0.39 is 0 Å². The van der Waals surface area contributed by atoms with E-state index >= 15 is 0 Å². The Hall–Kier alpha value is -0.410. The largest absolute Gasteiger partial charge is 0.378 e. The molecule has 0 bridgehead atoms. The van der Waals surface area contributed by atoms with E-state index in [1.165, 1.54) is 0 Å². The molecular weight excluding hydrogens is 166 g/mol. The minimum Gasteiger partial charge on any atom is -0.378 e. The fraction of sp³-hybridized carbons (Fsp3) is 0.900. The number of rotatable bonds is 6. The lowest BCUT2D eigenvalue weighted by Gasteiger charge is -2.07. The number of hydrogen-bond acceptors (Lipinski definition) is 3. The number of carbonyl (C=O) groups excluding carboxylic acids is 1. The van der Waals surface area contributed by atoms with Crippen LogP contribution in [0.1, 0.15) is 38.5 Å². The second-order valence-electron chi connectivity index (χ2n) is 3.60. The van der Waals surface area contributed by atoms with Crippen molar-refractivity contribution in [1.82, 2.24) is 0 Å². The molecule has 1 aliphatic heterocycles. The van der Waals surface area contributed by atoms with Gasteiger partial charge in [-0.2, -0.15) is 0 Å². The Bertz CT molecular complexity index is 153. The number of ether oxygens (including phenoxy) is 1. The molecule has 1 fully saturated rings. The van der Waals surface area contributed by atoms with E-state index in [1.54, 1.807) is 0 Å². The molecule has 0 radical (unpaired) electrons. The van der Waals surface area contributed by atoms with Crippen LogP contribution >= 0.6 is 0 Å². The highest BCUT2D eigenvalue weighted by molar-refractivity contribution is 5.78. The molecule has 0 saturated carbocycles. The van der Waals surface area contributed by atoms with E-state index in [-0.39, 0.29) is 0 Å². The number of ketones is 1. The van der Waals surface area contributed by atoms with Crippen molar-refractivity contribution in [2.75, 3.05) is 13.2 Å². The molecule has 0 aromatic rings. The highest BCUT2D eigenvalue weighted by Gasteiger charge is 2.16. The minimum absolute atomic E-state index is 0.334. The molecule has 1 saturated heterocycles. The van der Waals surface area contributed by atoms with Gasteiger partial charge in [-0.15, -0.1) is 0 Å². The number of hydrogen-bond donors (Lipinski definition) is 1. The molecular formula is C10H19NO2. The third-order valence-electron chi connectivity index (χ3n) is 2.43. The zero-order valence-electron chi connectivity index (χ0n) is 8.13. The Kier molecular flexibility index (Phi) is 5.01. The molecule has 0 amide bonds. The molecule has 2 N–H and O–H groups in total. The average molecular weight is 185 g/mol. The van der Waals surface area contributed by atoms with Crippen molar-refractivity contribution < 1.29 is 9.53 Å². The molecule has 0 aromatic carbocycles. The Labute approximate surface area is 79.6 Å². The van der Waals surface area contributed by atoms with Gasteiger partial charge in [0.25, 0.3) is 0 Å². The van der Waals surface area contributed by atoms with Crippen LogP contribution < -0.4 is 5.73 Å². The first kappa shape index (κ1) is 10.7. The summed E-state index contributed by atoms with van der Waals surface area (Å²) < 4.78 is 5.43. The Morgan fingerprint density at radius 2 is 2.31 bits per heavy atom. The minimum atomic E-state index is 0.334. The second-order valence-corrected chi connectivity index (χ2v) is 3.60. The van der Waals surface area contributed by atoms with Crippen LogP contribution in [-0.4, -0.2) is 25.0 Å².